The second kappa shape index (κ2) is 5.09. The highest BCUT2D eigenvalue weighted by Crippen LogP contribution is 2.08. The van der Waals surface area contributed by atoms with E-state index in [0.717, 1.165) is 13.1 Å². The maximum atomic E-state index is 2.20. The van der Waals surface area contributed by atoms with Gasteiger partial charge < -0.3 is 0 Å². The van der Waals surface area contributed by atoms with E-state index in [1.165, 1.54) is 0 Å². The van der Waals surface area contributed by atoms with Crippen LogP contribution in [0.25, 0.3) is 0 Å². The van der Waals surface area contributed by atoms with Gasteiger partial charge in [-0.3, -0.25) is 0 Å². The van der Waals surface area contributed by atoms with Crippen molar-refractivity contribution in [1.29, 1.82) is 0 Å². The average molecular weight is 148 g/mol. The van der Waals surface area contributed by atoms with E-state index in [9.17, 15) is 0 Å². The van der Waals surface area contributed by atoms with Gasteiger partial charge in [0.25, 0.3) is 0 Å². The fourth-order valence-electron chi connectivity index (χ4n) is 0.353. The van der Waals surface area contributed by atoms with Crippen LogP contribution in [0, 0.1) is 0 Å². The summed E-state index contributed by atoms with van der Waals surface area (Å²) in [5, 5.41) is 0. The molecule has 0 aromatic rings. The molecule has 0 saturated carbocycles. The topological polar surface area (TPSA) is 6.48 Å². The first kappa shape index (κ1) is 9.27. The summed E-state index contributed by atoms with van der Waals surface area (Å²) in [7, 11) is 4.19. The van der Waals surface area contributed by atoms with Crippen molar-refractivity contribution in [3.8, 4) is 0 Å². The molecule has 0 aliphatic carbocycles. The lowest BCUT2D eigenvalue weighted by molar-refractivity contribution is 0.527. The predicted octanol–water partition coefficient (Wildman–Crippen LogP) is 1.45. The first-order chi connectivity index (χ1) is 4.20. The lowest BCUT2D eigenvalue weighted by Crippen LogP contribution is -2.18. The number of hydrogen-bond donors (Lipinski definition) is 0. The Labute approximate surface area is 62.5 Å². The number of hydrogen-bond acceptors (Lipinski definition) is 3. The van der Waals surface area contributed by atoms with Crippen molar-refractivity contribution in [1.82, 2.24) is 8.61 Å². The molecule has 0 heterocycles. The van der Waals surface area contributed by atoms with E-state index in [1.807, 2.05) is 0 Å². The first-order valence-electron chi connectivity index (χ1n) is 3.31. The van der Waals surface area contributed by atoms with Crippen LogP contribution in [0.1, 0.15) is 13.8 Å². The Hall–Kier alpha value is 0.270. The van der Waals surface area contributed by atoms with Crippen molar-refractivity contribution >= 4 is 12.1 Å². The fraction of sp³-hybridized carbons (Fsp3) is 1.00. The number of nitrogens with zero attached hydrogens (tertiary/aromatic N) is 2. The third kappa shape index (κ3) is 4.75. The van der Waals surface area contributed by atoms with E-state index >= 15 is 0 Å². The van der Waals surface area contributed by atoms with Gasteiger partial charge >= 0.3 is 0 Å². The third-order valence-electron chi connectivity index (χ3n) is 1.17. The lowest BCUT2D eigenvalue weighted by Gasteiger charge is -2.19. The highest BCUT2D eigenvalue weighted by molar-refractivity contribution is 7.94. The van der Waals surface area contributed by atoms with Gasteiger partial charge in [0.05, 0.1) is 0 Å². The Bertz CT molecular complexity index is 60.1. The molecule has 0 amide bonds. The molecule has 0 rings (SSSR count). The molecule has 0 fully saturated rings. The molecule has 3 heteroatoms. The molecule has 0 aromatic carbocycles. The van der Waals surface area contributed by atoms with Gasteiger partial charge in [-0.15, -0.1) is 0 Å². The highest BCUT2D eigenvalue weighted by atomic mass is 32.2. The van der Waals surface area contributed by atoms with Crippen LogP contribution in [0.15, 0.2) is 0 Å². The van der Waals surface area contributed by atoms with E-state index in [2.05, 4.69) is 36.6 Å². The molecule has 0 saturated heterocycles. The standard InChI is InChI=1S/C6H16N2S/c1-5-7(3)9-8(4)6-2/h5-6H2,1-4H3. The molecule has 0 aliphatic heterocycles. The van der Waals surface area contributed by atoms with Crippen LogP contribution < -0.4 is 0 Å². The van der Waals surface area contributed by atoms with Gasteiger partial charge in [-0.2, -0.15) is 0 Å². The zero-order valence-electron chi connectivity index (χ0n) is 6.72. The van der Waals surface area contributed by atoms with E-state index < -0.39 is 0 Å². The smallest absolute Gasteiger partial charge is 0.00844 e. The third-order valence-corrected chi connectivity index (χ3v) is 2.24. The Kier molecular flexibility index (Phi) is 5.24. The van der Waals surface area contributed by atoms with Gasteiger partial charge in [0.1, 0.15) is 0 Å². The fourth-order valence-corrected chi connectivity index (χ4v) is 1.06. The van der Waals surface area contributed by atoms with Crippen molar-refractivity contribution < 1.29 is 0 Å². The van der Waals surface area contributed by atoms with Gasteiger partial charge in [0, 0.05) is 25.2 Å². The van der Waals surface area contributed by atoms with E-state index in [4.69, 9.17) is 0 Å². The summed E-state index contributed by atoms with van der Waals surface area (Å²) in [6, 6.07) is 0. The Balaban J connectivity index is 3.22. The van der Waals surface area contributed by atoms with Crippen LogP contribution >= 0.6 is 12.1 Å². The van der Waals surface area contributed by atoms with Gasteiger partial charge in [0.2, 0.25) is 0 Å². The van der Waals surface area contributed by atoms with Crippen molar-refractivity contribution in [2.75, 3.05) is 27.2 Å². The maximum absolute atomic E-state index is 2.20. The van der Waals surface area contributed by atoms with Crippen LogP contribution in [0.4, 0.5) is 0 Å². The largest absolute Gasteiger partial charge is 0.241 e. The number of rotatable bonds is 4. The summed E-state index contributed by atoms with van der Waals surface area (Å²) >= 11 is 1.77. The van der Waals surface area contributed by atoms with Crippen LogP contribution in [-0.2, 0) is 0 Å². The zero-order valence-corrected chi connectivity index (χ0v) is 7.53. The van der Waals surface area contributed by atoms with E-state index in [-0.39, 0.29) is 0 Å². The summed E-state index contributed by atoms with van der Waals surface area (Å²) in [4.78, 5) is 0. The lowest BCUT2D eigenvalue weighted by atomic mass is 10.8. The summed E-state index contributed by atoms with van der Waals surface area (Å²) in [5.41, 5.74) is 0. The zero-order chi connectivity index (χ0) is 7.28. The van der Waals surface area contributed by atoms with Gasteiger partial charge in [-0.05, 0) is 14.1 Å². The normalized spacial score (nSPS) is 11.3. The summed E-state index contributed by atoms with van der Waals surface area (Å²) in [6.45, 7) is 6.48. The van der Waals surface area contributed by atoms with E-state index in [0.29, 0.717) is 0 Å². The molecule has 0 atom stereocenters. The predicted molar refractivity (Wildman–Crippen MR) is 44.2 cm³/mol. The van der Waals surface area contributed by atoms with Crippen LogP contribution in [-0.4, -0.2) is 35.8 Å². The second-order valence-electron chi connectivity index (χ2n) is 1.97. The van der Waals surface area contributed by atoms with Crippen LogP contribution in [0.2, 0.25) is 0 Å². The minimum atomic E-state index is 1.09. The molecule has 0 bridgehead atoms. The van der Waals surface area contributed by atoms with Crippen LogP contribution in [0.5, 0.6) is 0 Å². The molecular formula is C6H16N2S. The summed E-state index contributed by atoms with van der Waals surface area (Å²) in [6.07, 6.45) is 0. The first-order valence-corrected chi connectivity index (χ1v) is 4.04. The maximum Gasteiger partial charge on any atom is 0.00844 e. The summed E-state index contributed by atoms with van der Waals surface area (Å²) < 4.78 is 4.40. The van der Waals surface area contributed by atoms with Crippen molar-refractivity contribution in [3.05, 3.63) is 0 Å². The average Bonchev–Trinajstić information content (AvgIpc) is 1.87. The minimum absolute atomic E-state index is 1.09. The molecular weight excluding hydrogens is 132 g/mol. The molecule has 0 unspecified atom stereocenters. The van der Waals surface area contributed by atoms with E-state index in [1.54, 1.807) is 12.1 Å². The highest BCUT2D eigenvalue weighted by Gasteiger charge is 1.97. The van der Waals surface area contributed by atoms with Crippen LogP contribution in [0.3, 0.4) is 0 Å². The SMILES string of the molecule is CCN(C)SN(C)CC. The van der Waals surface area contributed by atoms with Crippen molar-refractivity contribution in [2.45, 2.75) is 13.8 Å². The molecule has 0 spiro atoms. The molecule has 2 nitrogen and oxygen atoms in total. The van der Waals surface area contributed by atoms with Gasteiger partial charge in [0.15, 0.2) is 0 Å². The second-order valence-corrected chi connectivity index (χ2v) is 3.38. The Morgan fingerprint density at radius 1 is 1.00 bits per heavy atom. The van der Waals surface area contributed by atoms with Crippen molar-refractivity contribution in [2.24, 2.45) is 0 Å². The van der Waals surface area contributed by atoms with Crippen molar-refractivity contribution in [3.63, 3.8) is 0 Å². The molecule has 9 heavy (non-hydrogen) atoms. The molecule has 0 radical (unpaired) electrons. The monoisotopic (exact) mass is 148 g/mol. The van der Waals surface area contributed by atoms with Gasteiger partial charge in [-0.1, -0.05) is 13.8 Å². The van der Waals surface area contributed by atoms with Gasteiger partial charge in [-0.25, -0.2) is 8.61 Å². The molecule has 0 aromatic heterocycles. The molecule has 0 aliphatic rings. The molecule has 56 valence electrons. The minimum Gasteiger partial charge on any atom is -0.241 e. The quantitative estimate of drug-likeness (QED) is 0.557. The Morgan fingerprint density at radius 3 is 1.56 bits per heavy atom. The summed E-state index contributed by atoms with van der Waals surface area (Å²) in [5.74, 6) is 0. The molecule has 0 N–H and O–H groups in total. The Morgan fingerprint density at radius 2 is 1.33 bits per heavy atom.